The van der Waals surface area contributed by atoms with Gasteiger partial charge < -0.3 is 15.5 Å². The van der Waals surface area contributed by atoms with Crippen LogP contribution < -0.4 is 10.6 Å². The standard InChI is InChI=1S/C12H20FN5/c1-17(2)8-9-3-5-18(6-4-9)11-10(13)7-15-12(14)16-11/h7,9H,3-6,8H2,1-2H3,(H2,14,15,16). The molecule has 0 spiro atoms. The van der Waals surface area contributed by atoms with Gasteiger partial charge in [0.25, 0.3) is 0 Å². The molecule has 2 heterocycles. The van der Waals surface area contributed by atoms with Crippen LogP contribution in [-0.2, 0) is 0 Å². The van der Waals surface area contributed by atoms with E-state index in [4.69, 9.17) is 5.73 Å². The van der Waals surface area contributed by atoms with E-state index in [1.165, 1.54) is 0 Å². The topological polar surface area (TPSA) is 58.3 Å². The summed E-state index contributed by atoms with van der Waals surface area (Å²) >= 11 is 0. The van der Waals surface area contributed by atoms with Gasteiger partial charge >= 0.3 is 0 Å². The van der Waals surface area contributed by atoms with E-state index in [1.54, 1.807) is 0 Å². The number of nitrogens with two attached hydrogens (primary N) is 1. The first-order valence-corrected chi connectivity index (χ1v) is 6.24. The van der Waals surface area contributed by atoms with Gasteiger partial charge in [0.05, 0.1) is 6.20 Å². The predicted molar refractivity (Wildman–Crippen MR) is 69.9 cm³/mol. The normalized spacial score (nSPS) is 17.4. The van der Waals surface area contributed by atoms with E-state index in [9.17, 15) is 4.39 Å². The largest absolute Gasteiger partial charge is 0.368 e. The second-order valence-electron chi connectivity index (χ2n) is 5.09. The summed E-state index contributed by atoms with van der Waals surface area (Å²) in [7, 11) is 4.16. The van der Waals surface area contributed by atoms with Gasteiger partial charge in [-0.3, -0.25) is 0 Å². The molecular weight excluding hydrogens is 233 g/mol. The molecule has 0 amide bonds. The first-order valence-electron chi connectivity index (χ1n) is 6.24. The molecule has 0 bridgehead atoms. The van der Waals surface area contributed by atoms with Crippen molar-refractivity contribution < 1.29 is 4.39 Å². The zero-order chi connectivity index (χ0) is 13.1. The van der Waals surface area contributed by atoms with Gasteiger partial charge in [-0.05, 0) is 32.9 Å². The SMILES string of the molecule is CN(C)CC1CCN(c2nc(N)ncc2F)CC1. The van der Waals surface area contributed by atoms with Crippen LogP contribution >= 0.6 is 0 Å². The highest BCUT2D eigenvalue weighted by Gasteiger charge is 2.22. The van der Waals surface area contributed by atoms with Gasteiger partial charge in [0.1, 0.15) is 0 Å². The number of halogens is 1. The molecule has 1 aliphatic rings. The van der Waals surface area contributed by atoms with Gasteiger partial charge in [-0.2, -0.15) is 4.98 Å². The molecule has 6 heteroatoms. The molecule has 2 rings (SSSR count). The fourth-order valence-electron chi connectivity index (χ4n) is 2.44. The lowest BCUT2D eigenvalue weighted by Gasteiger charge is -2.33. The maximum absolute atomic E-state index is 13.6. The molecule has 2 N–H and O–H groups in total. The first-order chi connectivity index (χ1) is 8.56. The summed E-state index contributed by atoms with van der Waals surface area (Å²) < 4.78 is 13.6. The molecule has 0 radical (unpaired) electrons. The van der Waals surface area contributed by atoms with E-state index >= 15 is 0 Å². The summed E-state index contributed by atoms with van der Waals surface area (Å²) in [5.74, 6) is 0.751. The summed E-state index contributed by atoms with van der Waals surface area (Å²) in [6.45, 7) is 2.74. The van der Waals surface area contributed by atoms with Crippen LogP contribution in [0.25, 0.3) is 0 Å². The van der Waals surface area contributed by atoms with Crippen LogP contribution in [0.4, 0.5) is 16.2 Å². The Labute approximate surface area is 107 Å². The Kier molecular flexibility index (Phi) is 3.96. The number of aromatic nitrogens is 2. The Morgan fingerprint density at radius 2 is 2.11 bits per heavy atom. The minimum atomic E-state index is -0.393. The van der Waals surface area contributed by atoms with E-state index in [2.05, 4.69) is 29.0 Å². The van der Waals surface area contributed by atoms with Crippen molar-refractivity contribution in [3.8, 4) is 0 Å². The molecule has 0 unspecified atom stereocenters. The number of anilines is 2. The van der Waals surface area contributed by atoms with Crippen molar-refractivity contribution in [2.45, 2.75) is 12.8 Å². The second kappa shape index (κ2) is 5.48. The summed E-state index contributed by atoms with van der Waals surface area (Å²) in [5.41, 5.74) is 5.51. The van der Waals surface area contributed by atoms with E-state index in [-0.39, 0.29) is 5.95 Å². The Balaban J connectivity index is 1.99. The first kappa shape index (κ1) is 13.0. The van der Waals surface area contributed by atoms with Crippen LogP contribution in [0, 0.1) is 11.7 Å². The zero-order valence-corrected chi connectivity index (χ0v) is 10.9. The maximum Gasteiger partial charge on any atom is 0.222 e. The van der Waals surface area contributed by atoms with Crippen LogP contribution in [0.1, 0.15) is 12.8 Å². The van der Waals surface area contributed by atoms with E-state index in [1.807, 2.05) is 4.90 Å². The van der Waals surface area contributed by atoms with Crippen molar-refractivity contribution in [3.63, 3.8) is 0 Å². The van der Waals surface area contributed by atoms with Crippen LogP contribution in [0.5, 0.6) is 0 Å². The number of nitrogen functional groups attached to an aromatic ring is 1. The van der Waals surface area contributed by atoms with Crippen molar-refractivity contribution in [1.29, 1.82) is 0 Å². The highest BCUT2D eigenvalue weighted by atomic mass is 19.1. The predicted octanol–water partition coefficient (Wildman–Crippen LogP) is 0.976. The third-order valence-corrected chi connectivity index (χ3v) is 3.28. The molecule has 1 aliphatic heterocycles. The van der Waals surface area contributed by atoms with Gasteiger partial charge in [0.15, 0.2) is 11.6 Å². The molecule has 0 aromatic carbocycles. The van der Waals surface area contributed by atoms with Crippen molar-refractivity contribution in [1.82, 2.24) is 14.9 Å². The van der Waals surface area contributed by atoms with Crippen molar-refractivity contribution >= 4 is 11.8 Å². The molecule has 0 atom stereocenters. The average Bonchev–Trinajstić information content (AvgIpc) is 2.33. The minimum Gasteiger partial charge on any atom is -0.368 e. The van der Waals surface area contributed by atoms with E-state index in [0.29, 0.717) is 11.7 Å². The fraction of sp³-hybridized carbons (Fsp3) is 0.667. The molecular formula is C12H20FN5. The van der Waals surface area contributed by atoms with Crippen molar-refractivity contribution in [2.24, 2.45) is 5.92 Å². The smallest absolute Gasteiger partial charge is 0.222 e. The number of rotatable bonds is 3. The monoisotopic (exact) mass is 253 g/mol. The molecule has 18 heavy (non-hydrogen) atoms. The summed E-state index contributed by atoms with van der Waals surface area (Å²) in [4.78, 5) is 11.8. The number of piperidine rings is 1. The molecule has 1 fully saturated rings. The summed E-state index contributed by atoms with van der Waals surface area (Å²) in [6, 6.07) is 0. The van der Waals surface area contributed by atoms with E-state index < -0.39 is 5.82 Å². The van der Waals surface area contributed by atoms with Crippen LogP contribution in [-0.4, -0.2) is 48.6 Å². The molecule has 0 saturated carbocycles. The van der Waals surface area contributed by atoms with Crippen molar-refractivity contribution in [2.75, 3.05) is 44.4 Å². The van der Waals surface area contributed by atoms with Gasteiger partial charge in [-0.25, -0.2) is 9.37 Å². The van der Waals surface area contributed by atoms with Gasteiger partial charge in [-0.1, -0.05) is 0 Å². The second-order valence-corrected chi connectivity index (χ2v) is 5.09. The Morgan fingerprint density at radius 3 is 2.72 bits per heavy atom. The van der Waals surface area contributed by atoms with E-state index in [0.717, 1.165) is 38.7 Å². The molecule has 1 aromatic rings. The molecule has 1 aromatic heterocycles. The summed E-state index contributed by atoms with van der Waals surface area (Å²) in [5, 5.41) is 0. The summed E-state index contributed by atoms with van der Waals surface area (Å²) in [6.07, 6.45) is 3.26. The molecule has 1 saturated heterocycles. The molecule has 100 valence electrons. The van der Waals surface area contributed by atoms with Gasteiger partial charge in [0, 0.05) is 19.6 Å². The van der Waals surface area contributed by atoms with Gasteiger partial charge in [-0.15, -0.1) is 0 Å². The Bertz CT molecular complexity index is 401. The number of hydrogen-bond acceptors (Lipinski definition) is 5. The fourth-order valence-corrected chi connectivity index (χ4v) is 2.44. The maximum atomic E-state index is 13.6. The van der Waals surface area contributed by atoms with Gasteiger partial charge in [0.2, 0.25) is 5.95 Å². The Morgan fingerprint density at radius 1 is 1.44 bits per heavy atom. The number of hydrogen-bond donors (Lipinski definition) is 1. The third kappa shape index (κ3) is 3.07. The highest BCUT2D eigenvalue weighted by Crippen LogP contribution is 2.24. The lowest BCUT2D eigenvalue weighted by atomic mass is 9.96. The lowest BCUT2D eigenvalue weighted by molar-refractivity contribution is 0.284. The van der Waals surface area contributed by atoms with Crippen LogP contribution in [0.2, 0.25) is 0 Å². The lowest BCUT2D eigenvalue weighted by Crippen LogP contribution is -2.38. The quantitative estimate of drug-likeness (QED) is 0.870. The Hall–Kier alpha value is -1.43. The average molecular weight is 253 g/mol. The molecule has 0 aliphatic carbocycles. The number of nitrogens with zero attached hydrogens (tertiary/aromatic N) is 4. The van der Waals surface area contributed by atoms with Crippen LogP contribution in [0.3, 0.4) is 0 Å². The highest BCUT2D eigenvalue weighted by molar-refractivity contribution is 5.42. The third-order valence-electron chi connectivity index (χ3n) is 3.28. The van der Waals surface area contributed by atoms with Crippen molar-refractivity contribution in [3.05, 3.63) is 12.0 Å². The zero-order valence-electron chi connectivity index (χ0n) is 10.9. The minimum absolute atomic E-state index is 0.127. The van der Waals surface area contributed by atoms with Crippen LogP contribution in [0.15, 0.2) is 6.20 Å². The molecule has 5 nitrogen and oxygen atoms in total.